The molecule has 0 bridgehead atoms. The van der Waals surface area contributed by atoms with Gasteiger partial charge in [0.15, 0.2) is 0 Å². The summed E-state index contributed by atoms with van der Waals surface area (Å²) in [6, 6.07) is 10.9. The molecule has 1 aliphatic heterocycles. The standard InChI is InChI=1S/C16H24N2O/c1-13(15-6-4-3-5-7-15)8-9-16(19)18-11-10-17-14(2)12-18/h3-7,13-14,17H,8-12H2,1-2H3/t13?,14-/m1/s1. The van der Waals surface area contributed by atoms with Crippen LogP contribution in [0.3, 0.4) is 0 Å². The van der Waals surface area contributed by atoms with Gasteiger partial charge in [-0.15, -0.1) is 0 Å². The lowest BCUT2D eigenvalue weighted by Gasteiger charge is -2.32. The fraction of sp³-hybridized carbons (Fsp3) is 0.562. The molecule has 0 aliphatic carbocycles. The van der Waals surface area contributed by atoms with Gasteiger partial charge in [-0.2, -0.15) is 0 Å². The largest absolute Gasteiger partial charge is 0.340 e. The van der Waals surface area contributed by atoms with Crippen molar-refractivity contribution in [3.8, 4) is 0 Å². The van der Waals surface area contributed by atoms with Crippen molar-refractivity contribution >= 4 is 5.91 Å². The molecule has 2 rings (SSSR count). The van der Waals surface area contributed by atoms with Crippen molar-refractivity contribution in [3.63, 3.8) is 0 Å². The molecule has 1 heterocycles. The molecule has 3 nitrogen and oxygen atoms in total. The van der Waals surface area contributed by atoms with Crippen LogP contribution in [-0.4, -0.2) is 36.5 Å². The van der Waals surface area contributed by atoms with Gasteiger partial charge in [0.1, 0.15) is 0 Å². The number of carbonyl (C=O) groups is 1. The van der Waals surface area contributed by atoms with Crippen LogP contribution in [-0.2, 0) is 4.79 Å². The lowest BCUT2D eigenvalue weighted by Crippen LogP contribution is -2.51. The highest BCUT2D eigenvalue weighted by atomic mass is 16.2. The average molecular weight is 260 g/mol. The Hall–Kier alpha value is -1.35. The minimum atomic E-state index is 0.302. The van der Waals surface area contributed by atoms with Crippen molar-refractivity contribution in [3.05, 3.63) is 35.9 Å². The van der Waals surface area contributed by atoms with Crippen LogP contribution in [0.25, 0.3) is 0 Å². The minimum Gasteiger partial charge on any atom is -0.340 e. The van der Waals surface area contributed by atoms with E-state index in [9.17, 15) is 4.79 Å². The fourth-order valence-corrected chi connectivity index (χ4v) is 2.61. The summed E-state index contributed by atoms with van der Waals surface area (Å²) >= 11 is 0. The molecule has 1 aromatic carbocycles. The molecule has 0 radical (unpaired) electrons. The van der Waals surface area contributed by atoms with Crippen molar-refractivity contribution in [2.24, 2.45) is 0 Å². The molecule has 2 atom stereocenters. The second kappa shape index (κ2) is 6.71. The molecule has 0 spiro atoms. The number of carbonyl (C=O) groups excluding carboxylic acids is 1. The van der Waals surface area contributed by atoms with E-state index in [1.165, 1.54) is 5.56 Å². The van der Waals surface area contributed by atoms with E-state index in [-0.39, 0.29) is 0 Å². The predicted octanol–water partition coefficient (Wildman–Crippen LogP) is 2.39. The Kier molecular flexibility index (Phi) is 4.97. The summed E-state index contributed by atoms with van der Waals surface area (Å²) in [4.78, 5) is 14.2. The molecule has 1 amide bonds. The van der Waals surface area contributed by atoms with Crippen LogP contribution in [0.2, 0.25) is 0 Å². The summed E-state index contributed by atoms with van der Waals surface area (Å²) in [6.07, 6.45) is 1.59. The smallest absolute Gasteiger partial charge is 0.222 e. The Morgan fingerprint density at radius 1 is 1.42 bits per heavy atom. The Balaban J connectivity index is 1.80. The number of amides is 1. The lowest BCUT2D eigenvalue weighted by atomic mass is 9.96. The lowest BCUT2D eigenvalue weighted by molar-refractivity contribution is -0.132. The van der Waals surface area contributed by atoms with Gasteiger partial charge in [-0.3, -0.25) is 4.79 Å². The number of nitrogens with zero attached hydrogens (tertiary/aromatic N) is 1. The van der Waals surface area contributed by atoms with Crippen molar-refractivity contribution in [2.75, 3.05) is 19.6 Å². The van der Waals surface area contributed by atoms with Gasteiger partial charge in [0.05, 0.1) is 0 Å². The average Bonchev–Trinajstić information content (AvgIpc) is 2.45. The maximum Gasteiger partial charge on any atom is 0.222 e. The molecule has 1 aromatic rings. The number of rotatable bonds is 4. The summed E-state index contributed by atoms with van der Waals surface area (Å²) in [5.74, 6) is 0.752. The molecule has 1 N–H and O–H groups in total. The molecule has 19 heavy (non-hydrogen) atoms. The molecule has 104 valence electrons. The van der Waals surface area contributed by atoms with Gasteiger partial charge in [0.25, 0.3) is 0 Å². The van der Waals surface area contributed by atoms with Crippen molar-refractivity contribution in [2.45, 2.75) is 38.6 Å². The molecule has 0 aromatic heterocycles. The Morgan fingerprint density at radius 2 is 2.16 bits per heavy atom. The summed E-state index contributed by atoms with van der Waals surface area (Å²) in [5.41, 5.74) is 1.32. The number of piperazine rings is 1. The van der Waals surface area contributed by atoms with Gasteiger partial charge < -0.3 is 10.2 Å². The zero-order valence-corrected chi connectivity index (χ0v) is 11.9. The van der Waals surface area contributed by atoms with Gasteiger partial charge >= 0.3 is 0 Å². The SMILES string of the molecule is CC(CCC(=O)N1CCN[C@H](C)C1)c1ccccc1. The summed E-state index contributed by atoms with van der Waals surface area (Å²) < 4.78 is 0. The van der Waals surface area contributed by atoms with Gasteiger partial charge in [-0.25, -0.2) is 0 Å². The Morgan fingerprint density at radius 3 is 2.84 bits per heavy atom. The Labute approximate surface area is 116 Å². The number of nitrogens with one attached hydrogen (secondary N) is 1. The molecule has 1 aliphatic rings. The third-order valence-electron chi connectivity index (χ3n) is 3.88. The third-order valence-corrected chi connectivity index (χ3v) is 3.88. The van der Waals surface area contributed by atoms with Gasteiger partial charge in [-0.05, 0) is 24.8 Å². The quantitative estimate of drug-likeness (QED) is 0.901. The van der Waals surface area contributed by atoms with Gasteiger partial charge in [-0.1, -0.05) is 37.3 Å². The highest BCUT2D eigenvalue weighted by Gasteiger charge is 2.20. The third kappa shape index (κ3) is 4.06. The zero-order chi connectivity index (χ0) is 13.7. The number of hydrogen-bond donors (Lipinski definition) is 1. The van der Waals surface area contributed by atoms with Crippen molar-refractivity contribution < 1.29 is 4.79 Å². The zero-order valence-electron chi connectivity index (χ0n) is 11.9. The number of benzene rings is 1. The first-order chi connectivity index (χ1) is 9.16. The molecule has 1 saturated heterocycles. The van der Waals surface area contributed by atoms with Crippen LogP contribution in [0.4, 0.5) is 0 Å². The van der Waals surface area contributed by atoms with Crippen LogP contribution in [0.1, 0.15) is 38.2 Å². The summed E-state index contributed by atoms with van der Waals surface area (Å²) in [7, 11) is 0. The molecule has 3 heteroatoms. The van der Waals surface area contributed by atoms with E-state index in [0.29, 0.717) is 24.3 Å². The molecule has 1 fully saturated rings. The van der Waals surface area contributed by atoms with Gasteiger partial charge in [0.2, 0.25) is 5.91 Å². The van der Waals surface area contributed by atoms with Crippen LogP contribution >= 0.6 is 0 Å². The van der Waals surface area contributed by atoms with Gasteiger partial charge in [0, 0.05) is 32.1 Å². The predicted molar refractivity (Wildman–Crippen MR) is 78.1 cm³/mol. The molecule has 0 saturated carbocycles. The summed E-state index contributed by atoms with van der Waals surface area (Å²) in [5, 5.41) is 3.36. The van der Waals surface area contributed by atoms with Crippen LogP contribution in [0.15, 0.2) is 30.3 Å². The molecular formula is C16H24N2O. The Bertz CT molecular complexity index is 404. The van der Waals surface area contributed by atoms with E-state index < -0.39 is 0 Å². The first-order valence-corrected chi connectivity index (χ1v) is 7.23. The van der Waals surface area contributed by atoms with E-state index in [0.717, 1.165) is 26.1 Å². The highest BCUT2D eigenvalue weighted by molar-refractivity contribution is 5.76. The highest BCUT2D eigenvalue weighted by Crippen LogP contribution is 2.20. The van der Waals surface area contributed by atoms with Crippen LogP contribution in [0, 0.1) is 0 Å². The van der Waals surface area contributed by atoms with E-state index in [2.05, 4.69) is 43.4 Å². The van der Waals surface area contributed by atoms with E-state index >= 15 is 0 Å². The maximum absolute atomic E-state index is 12.2. The van der Waals surface area contributed by atoms with Crippen LogP contribution in [0.5, 0.6) is 0 Å². The first-order valence-electron chi connectivity index (χ1n) is 7.23. The molecule has 1 unspecified atom stereocenters. The van der Waals surface area contributed by atoms with E-state index in [1.807, 2.05) is 11.0 Å². The van der Waals surface area contributed by atoms with Crippen molar-refractivity contribution in [1.29, 1.82) is 0 Å². The maximum atomic E-state index is 12.2. The van der Waals surface area contributed by atoms with E-state index in [4.69, 9.17) is 0 Å². The van der Waals surface area contributed by atoms with E-state index in [1.54, 1.807) is 0 Å². The van der Waals surface area contributed by atoms with Crippen LogP contribution < -0.4 is 5.32 Å². The normalized spacial score (nSPS) is 21.2. The number of hydrogen-bond acceptors (Lipinski definition) is 2. The van der Waals surface area contributed by atoms with Crippen molar-refractivity contribution in [1.82, 2.24) is 10.2 Å². The topological polar surface area (TPSA) is 32.3 Å². The second-order valence-electron chi connectivity index (χ2n) is 5.55. The molecular weight excluding hydrogens is 236 g/mol. The second-order valence-corrected chi connectivity index (χ2v) is 5.55. The first kappa shape index (κ1) is 14.1. The monoisotopic (exact) mass is 260 g/mol. The summed E-state index contributed by atoms with van der Waals surface area (Å²) in [6.45, 7) is 6.94. The minimum absolute atomic E-state index is 0.302. The fourth-order valence-electron chi connectivity index (χ4n) is 2.61.